The van der Waals surface area contributed by atoms with Gasteiger partial charge in [0.15, 0.2) is 0 Å². The van der Waals surface area contributed by atoms with E-state index in [1.54, 1.807) is 0 Å². The summed E-state index contributed by atoms with van der Waals surface area (Å²) >= 11 is 13.6. The fraction of sp³-hybridized carbons (Fsp3) is 0.125. The molecule has 0 spiro atoms. The molecule has 96 valence electrons. The molecule has 1 aliphatic rings. The number of allylic oxidation sites excluding steroid dienone is 2. The molecule has 3 rings (SSSR count). The van der Waals surface area contributed by atoms with Crippen LogP contribution < -0.4 is 0 Å². The van der Waals surface area contributed by atoms with E-state index >= 15 is 0 Å². The van der Waals surface area contributed by atoms with E-state index in [1.807, 2.05) is 36.4 Å². The lowest BCUT2D eigenvalue weighted by Gasteiger charge is -2.26. The number of hydrogen-bond donors (Lipinski definition) is 0. The molecule has 1 heterocycles. The standard InChI is InChI=1S/C16H14Cl2Si/c17-19(18)15(13-7-3-1-4-8-13)11-12-16(19)14-9-5-2-6-10-14/h1-12,15-16H/t15-,16-/m0/s1. The topological polar surface area (TPSA) is 0 Å². The van der Waals surface area contributed by atoms with Crippen LogP contribution in [0, 0.1) is 0 Å². The van der Waals surface area contributed by atoms with Crippen molar-refractivity contribution < 1.29 is 0 Å². The molecule has 0 fully saturated rings. The van der Waals surface area contributed by atoms with Crippen LogP contribution in [0.5, 0.6) is 0 Å². The zero-order valence-electron chi connectivity index (χ0n) is 10.3. The lowest BCUT2D eigenvalue weighted by molar-refractivity contribution is 1.15. The second-order valence-corrected chi connectivity index (χ2v) is 11.8. The van der Waals surface area contributed by atoms with Crippen LogP contribution in [0.2, 0.25) is 0 Å². The minimum atomic E-state index is -2.45. The van der Waals surface area contributed by atoms with Crippen molar-refractivity contribution in [2.45, 2.75) is 11.1 Å². The Balaban J connectivity index is 1.95. The maximum absolute atomic E-state index is 6.81. The van der Waals surface area contributed by atoms with Crippen molar-refractivity contribution in [3.8, 4) is 0 Å². The molecule has 0 unspecified atom stereocenters. The highest BCUT2D eigenvalue weighted by atomic mass is 35.7. The van der Waals surface area contributed by atoms with Gasteiger partial charge < -0.3 is 0 Å². The van der Waals surface area contributed by atoms with Crippen molar-refractivity contribution in [3.05, 3.63) is 83.9 Å². The first kappa shape index (κ1) is 13.0. The summed E-state index contributed by atoms with van der Waals surface area (Å²) in [4.78, 5) is 0. The van der Waals surface area contributed by atoms with Gasteiger partial charge in [-0.2, -0.15) is 0 Å². The van der Waals surface area contributed by atoms with Gasteiger partial charge in [-0.1, -0.05) is 72.8 Å². The first-order valence-corrected chi connectivity index (χ1v) is 10.5. The van der Waals surface area contributed by atoms with Gasteiger partial charge in [-0.3, -0.25) is 0 Å². The third-order valence-corrected chi connectivity index (χ3v) is 9.17. The molecule has 2 aromatic carbocycles. The maximum atomic E-state index is 6.81. The molecule has 0 saturated heterocycles. The highest BCUT2D eigenvalue weighted by Gasteiger charge is 2.48. The quantitative estimate of drug-likeness (QED) is 0.410. The highest BCUT2D eigenvalue weighted by Crippen LogP contribution is 2.49. The summed E-state index contributed by atoms with van der Waals surface area (Å²) in [6, 6.07) is 20.6. The van der Waals surface area contributed by atoms with Crippen LogP contribution in [0.25, 0.3) is 0 Å². The lowest BCUT2D eigenvalue weighted by atomic mass is 10.1. The maximum Gasteiger partial charge on any atom is 0.273 e. The van der Waals surface area contributed by atoms with Crippen molar-refractivity contribution in [2.75, 3.05) is 0 Å². The molecule has 2 atom stereocenters. The van der Waals surface area contributed by atoms with Crippen molar-refractivity contribution in [2.24, 2.45) is 0 Å². The van der Waals surface area contributed by atoms with Crippen LogP contribution in [0.1, 0.15) is 22.2 Å². The molecule has 0 N–H and O–H groups in total. The van der Waals surface area contributed by atoms with Gasteiger partial charge in [0, 0.05) is 11.1 Å². The molecule has 19 heavy (non-hydrogen) atoms. The predicted molar refractivity (Wildman–Crippen MR) is 85.0 cm³/mol. The van der Waals surface area contributed by atoms with E-state index in [1.165, 1.54) is 11.1 Å². The second-order valence-electron chi connectivity index (χ2n) is 4.84. The SMILES string of the molecule is Cl[Si]1(Cl)[C@H](c2ccccc2)C=C[C@H]1c1ccccc1. The Bertz CT molecular complexity index is 527. The summed E-state index contributed by atoms with van der Waals surface area (Å²) in [6.07, 6.45) is 4.36. The smallest absolute Gasteiger partial charge is 0.144 e. The Morgan fingerprint density at radius 2 is 1.00 bits per heavy atom. The van der Waals surface area contributed by atoms with Crippen LogP contribution in [-0.4, -0.2) is 6.69 Å². The van der Waals surface area contributed by atoms with E-state index in [2.05, 4.69) is 36.4 Å². The summed E-state index contributed by atoms with van der Waals surface area (Å²) in [5, 5.41) is 0. The summed E-state index contributed by atoms with van der Waals surface area (Å²) < 4.78 is 0. The van der Waals surface area contributed by atoms with Crippen LogP contribution in [0.3, 0.4) is 0 Å². The molecular weight excluding hydrogens is 291 g/mol. The zero-order chi connectivity index (χ0) is 13.3. The van der Waals surface area contributed by atoms with Crippen molar-refractivity contribution in [3.63, 3.8) is 0 Å². The number of benzene rings is 2. The molecule has 0 bridgehead atoms. The first-order chi connectivity index (χ1) is 9.19. The molecule has 0 aromatic heterocycles. The van der Waals surface area contributed by atoms with E-state index in [0.717, 1.165) is 0 Å². The van der Waals surface area contributed by atoms with E-state index < -0.39 is 6.69 Å². The predicted octanol–water partition coefficient (Wildman–Crippen LogP) is 5.12. The molecule has 2 aromatic rings. The lowest BCUT2D eigenvalue weighted by Crippen LogP contribution is -2.32. The van der Waals surface area contributed by atoms with Crippen LogP contribution in [-0.2, 0) is 0 Å². The van der Waals surface area contributed by atoms with Gasteiger partial charge in [-0.15, -0.1) is 22.2 Å². The molecular formula is C16H14Cl2Si. The summed E-state index contributed by atoms with van der Waals surface area (Å²) in [5.74, 6) is 0. The Morgan fingerprint density at radius 3 is 1.37 bits per heavy atom. The van der Waals surface area contributed by atoms with E-state index in [4.69, 9.17) is 22.2 Å². The van der Waals surface area contributed by atoms with E-state index in [9.17, 15) is 0 Å². The normalized spacial score (nSPS) is 24.5. The van der Waals surface area contributed by atoms with Crippen LogP contribution >= 0.6 is 22.2 Å². The van der Waals surface area contributed by atoms with E-state index in [-0.39, 0.29) is 11.1 Å². The van der Waals surface area contributed by atoms with E-state index in [0.29, 0.717) is 0 Å². The van der Waals surface area contributed by atoms with Gasteiger partial charge >= 0.3 is 0 Å². The average Bonchev–Trinajstić information content (AvgIpc) is 2.76. The number of hydrogen-bond acceptors (Lipinski definition) is 0. The molecule has 3 heteroatoms. The van der Waals surface area contributed by atoms with Gasteiger partial charge in [0.25, 0.3) is 6.69 Å². The van der Waals surface area contributed by atoms with Crippen LogP contribution in [0.4, 0.5) is 0 Å². The largest absolute Gasteiger partial charge is 0.273 e. The number of rotatable bonds is 2. The fourth-order valence-corrected chi connectivity index (χ4v) is 7.44. The highest BCUT2D eigenvalue weighted by molar-refractivity contribution is 7.46. The van der Waals surface area contributed by atoms with Gasteiger partial charge in [0.2, 0.25) is 0 Å². The Kier molecular flexibility index (Phi) is 3.53. The molecule has 1 aliphatic heterocycles. The average molecular weight is 305 g/mol. The fourth-order valence-electron chi connectivity index (χ4n) is 2.66. The van der Waals surface area contributed by atoms with Crippen molar-refractivity contribution in [1.82, 2.24) is 0 Å². The first-order valence-electron chi connectivity index (χ1n) is 6.35. The minimum absolute atomic E-state index is 0.169. The van der Waals surface area contributed by atoms with Gasteiger partial charge in [-0.05, 0) is 11.1 Å². The van der Waals surface area contributed by atoms with Crippen LogP contribution in [0.15, 0.2) is 72.8 Å². The van der Waals surface area contributed by atoms with Crippen molar-refractivity contribution >= 4 is 28.9 Å². The van der Waals surface area contributed by atoms with Gasteiger partial charge in [0.1, 0.15) is 0 Å². The molecule has 0 radical (unpaired) electrons. The summed E-state index contributed by atoms with van der Waals surface area (Å²) in [5.41, 5.74) is 2.77. The number of halogens is 2. The molecule has 0 aliphatic carbocycles. The second kappa shape index (κ2) is 5.16. The summed E-state index contributed by atoms with van der Waals surface area (Å²) in [6.45, 7) is -2.45. The summed E-state index contributed by atoms with van der Waals surface area (Å²) in [7, 11) is 0. The Hall–Kier alpha value is -1.02. The Morgan fingerprint density at radius 1 is 0.632 bits per heavy atom. The van der Waals surface area contributed by atoms with Crippen molar-refractivity contribution in [1.29, 1.82) is 0 Å². The van der Waals surface area contributed by atoms with Gasteiger partial charge in [0.05, 0.1) is 0 Å². The molecule has 0 amide bonds. The third-order valence-electron chi connectivity index (χ3n) is 3.64. The third kappa shape index (κ3) is 2.38. The van der Waals surface area contributed by atoms with Gasteiger partial charge in [-0.25, -0.2) is 0 Å². The minimum Gasteiger partial charge on any atom is -0.144 e. The molecule has 0 saturated carbocycles. The molecule has 0 nitrogen and oxygen atoms in total. The Labute approximate surface area is 124 Å². The monoisotopic (exact) mass is 304 g/mol. The zero-order valence-corrected chi connectivity index (χ0v) is 12.9.